The first kappa shape index (κ1) is 20.2. The van der Waals surface area contributed by atoms with Gasteiger partial charge in [-0.2, -0.15) is 5.10 Å². The van der Waals surface area contributed by atoms with E-state index < -0.39 is 0 Å². The van der Waals surface area contributed by atoms with Gasteiger partial charge in [-0.1, -0.05) is 36.4 Å². The predicted octanol–water partition coefficient (Wildman–Crippen LogP) is 5.19. The lowest BCUT2D eigenvalue weighted by molar-refractivity contribution is 0.0955. The van der Waals surface area contributed by atoms with Gasteiger partial charge in [0.2, 0.25) is 0 Å². The summed E-state index contributed by atoms with van der Waals surface area (Å²) in [7, 11) is 1.58. The molecule has 1 amide bonds. The summed E-state index contributed by atoms with van der Waals surface area (Å²) in [4.78, 5) is 12.1. The number of ether oxygens (including phenoxy) is 2. The van der Waals surface area contributed by atoms with Crippen molar-refractivity contribution in [2.75, 3.05) is 7.11 Å². The Labute approximate surface area is 180 Å². The highest BCUT2D eigenvalue weighted by atomic mass is 16.5. The van der Waals surface area contributed by atoms with E-state index in [2.05, 4.69) is 40.9 Å². The molecule has 0 aliphatic carbocycles. The minimum Gasteiger partial charge on any atom is -0.497 e. The maximum atomic E-state index is 12.1. The molecule has 0 saturated heterocycles. The van der Waals surface area contributed by atoms with E-state index in [0.717, 1.165) is 16.9 Å². The summed E-state index contributed by atoms with van der Waals surface area (Å²) in [6.07, 6.45) is 1.59. The third kappa shape index (κ3) is 5.28. The summed E-state index contributed by atoms with van der Waals surface area (Å²) in [5.41, 5.74) is 5.00. The molecule has 0 atom stereocenters. The molecule has 0 spiro atoms. The molecule has 4 aromatic rings. The Hall–Kier alpha value is -4.12. The minimum atomic E-state index is -0.283. The van der Waals surface area contributed by atoms with Crippen LogP contribution in [0.1, 0.15) is 21.5 Å². The fourth-order valence-corrected chi connectivity index (χ4v) is 3.12. The number of amides is 1. The van der Waals surface area contributed by atoms with Crippen molar-refractivity contribution >= 4 is 22.9 Å². The van der Waals surface area contributed by atoms with Crippen LogP contribution in [0, 0.1) is 0 Å². The first-order valence-electron chi connectivity index (χ1n) is 9.89. The van der Waals surface area contributed by atoms with Crippen LogP contribution in [0.25, 0.3) is 10.8 Å². The highest BCUT2D eigenvalue weighted by Gasteiger charge is 2.04. The Morgan fingerprint density at radius 3 is 2.32 bits per heavy atom. The van der Waals surface area contributed by atoms with Crippen LogP contribution in [0.15, 0.2) is 96.1 Å². The maximum absolute atomic E-state index is 12.1. The smallest absolute Gasteiger partial charge is 0.271 e. The van der Waals surface area contributed by atoms with Crippen molar-refractivity contribution in [1.82, 2.24) is 5.43 Å². The number of hydrogen-bond donors (Lipinski definition) is 1. The van der Waals surface area contributed by atoms with Gasteiger partial charge in [0.05, 0.1) is 13.3 Å². The number of nitrogens with zero attached hydrogens (tertiary/aromatic N) is 1. The van der Waals surface area contributed by atoms with E-state index in [4.69, 9.17) is 9.47 Å². The van der Waals surface area contributed by atoms with E-state index in [9.17, 15) is 4.79 Å². The molecular formula is C26H22N2O3. The van der Waals surface area contributed by atoms with Crippen LogP contribution in [0.2, 0.25) is 0 Å². The van der Waals surface area contributed by atoms with E-state index in [1.165, 1.54) is 10.8 Å². The molecule has 5 nitrogen and oxygen atoms in total. The van der Waals surface area contributed by atoms with Crippen LogP contribution < -0.4 is 14.9 Å². The van der Waals surface area contributed by atoms with Crippen molar-refractivity contribution in [1.29, 1.82) is 0 Å². The normalized spacial score (nSPS) is 10.9. The molecule has 0 aliphatic rings. The third-order valence-electron chi connectivity index (χ3n) is 4.83. The van der Waals surface area contributed by atoms with E-state index in [1.54, 1.807) is 37.6 Å². The van der Waals surface area contributed by atoms with Crippen LogP contribution in [-0.4, -0.2) is 19.2 Å². The lowest BCUT2D eigenvalue weighted by atomic mass is 10.1. The molecule has 0 fully saturated rings. The van der Waals surface area contributed by atoms with Crippen LogP contribution in [0.3, 0.4) is 0 Å². The molecule has 1 N–H and O–H groups in total. The molecule has 154 valence electrons. The second-order valence-electron chi connectivity index (χ2n) is 6.97. The van der Waals surface area contributed by atoms with Gasteiger partial charge in [-0.05, 0) is 76.5 Å². The van der Waals surface area contributed by atoms with Gasteiger partial charge in [-0.15, -0.1) is 0 Å². The molecule has 0 unspecified atom stereocenters. The number of methoxy groups -OCH3 is 1. The van der Waals surface area contributed by atoms with Crippen molar-refractivity contribution in [3.8, 4) is 11.5 Å². The zero-order chi connectivity index (χ0) is 21.5. The largest absolute Gasteiger partial charge is 0.497 e. The van der Waals surface area contributed by atoms with Gasteiger partial charge >= 0.3 is 0 Å². The summed E-state index contributed by atoms with van der Waals surface area (Å²) in [6.45, 7) is 0.496. The van der Waals surface area contributed by atoms with E-state index in [1.807, 2.05) is 36.4 Å². The van der Waals surface area contributed by atoms with Crippen LogP contribution >= 0.6 is 0 Å². The molecular weight excluding hydrogens is 388 g/mol. The monoisotopic (exact) mass is 410 g/mol. The van der Waals surface area contributed by atoms with Crippen molar-refractivity contribution in [2.45, 2.75) is 6.61 Å². The molecule has 0 bridgehead atoms. The van der Waals surface area contributed by atoms with Gasteiger partial charge in [0.25, 0.3) is 5.91 Å². The predicted molar refractivity (Wildman–Crippen MR) is 123 cm³/mol. The molecule has 4 rings (SSSR count). The molecule has 0 saturated carbocycles. The molecule has 0 aromatic heterocycles. The summed E-state index contributed by atoms with van der Waals surface area (Å²) in [5, 5.41) is 6.43. The zero-order valence-corrected chi connectivity index (χ0v) is 17.1. The Morgan fingerprint density at radius 2 is 1.58 bits per heavy atom. The van der Waals surface area contributed by atoms with Crippen LogP contribution in [-0.2, 0) is 6.61 Å². The molecule has 4 aromatic carbocycles. The number of carbonyl (C=O) groups excluding carboxylic acids is 1. The van der Waals surface area contributed by atoms with Crippen LogP contribution in [0.5, 0.6) is 11.5 Å². The first-order chi connectivity index (χ1) is 15.2. The first-order valence-corrected chi connectivity index (χ1v) is 9.89. The Kier molecular flexibility index (Phi) is 6.24. The van der Waals surface area contributed by atoms with Gasteiger partial charge in [-0.3, -0.25) is 4.79 Å². The van der Waals surface area contributed by atoms with Gasteiger partial charge in [0.15, 0.2) is 0 Å². The SMILES string of the molecule is COc1ccc(C(=O)N/N=C\c2ccc(OCc3ccc4ccccc4c3)cc2)cc1. The zero-order valence-electron chi connectivity index (χ0n) is 17.1. The van der Waals surface area contributed by atoms with E-state index in [0.29, 0.717) is 17.9 Å². The number of fused-ring (bicyclic) bond motifs is 1. The average Bonchev–Trinajstić information content (AvgIpc) is 2.83. The summed E-state index contributed by atoms with van der Waals surface area (Å²) < 4.78 is 11.0. The maximum Gasteiger partial charge on any atom is 0.271 e. The number of benzene rings is 4. The highest BCUT2D eigenvalue weighted by molar-refractivity contribution is 5.95. The highest BCUT2D eigenvalue weighted by Crippen LogP contribution is 2.18. The summed E-state index contributed by atoms with van der Waals surface area (Å²) >= 11 is 0. The Morgan fingerprint density at radius 1 is 0.871 bits per heavy atom. The topological polar surface area (TPSA) is 59.9 Å². The molecule has 31 heavy (non-hydrogen) atoms. The fraction of sp³-hybridized carbons (Fsp3) is 0.0769. The molecule has 0 aliphatic heterocycles. The van der Waals surface area contributed by atoms with Crippen LogP contribution in [0.4, 0.5) is 0 Å². The summed E-state index contributed by atoms with van der Waals surface area (Å²) in [6, 6.07) is 29.0. The third-order valence-corrected chi connectivity index (χ3v) is 4.83. The minimum absolute atomic E-state index is 0.283. The van der Waals surface area contributed by atoms with Gasteiger partial charge in [-0.25, -0.2) is 5.43 Å². The standard InChI is InChI=1S/C26H22N2O3/c1-30-24-14-10-22(11-15-24)26(29)28-27-17-19-7-12-25(13-8-19)31-18-20-6-9-21-4-2-3-5-23(21)16-20/h2-17H,18H2,1H3,(H,28,29)/b27-17-. The lowest BCUT2D eigenvalue weighted by Gasteiger charge is -2.07. The van der Waals surface area contributed by atoms with Crippen molar-refractivity contribution in [3.63, 3.8) is 0 Å². The summed E-state index contributed by atoms with van der Waals surface area (Å²) in [5.74, 6) is 1.18. The number of hydrazone groups is 1. The van der Waals surface area contributed by atoms with Gasteiger partial charge in [0, 0.05) is 5.56 Å². The van der Waals surface area contributed by atoms with Crippen molar-refractivity contribution < 1.29 is 14.3 Å². The van der Waals surface area contributed by atoms with Gasteiger partial charge in [0.1, 0.15) is 18.1 Å². The second-order valence-corrected chi connectivity index (χ2v) is 6.97. The van der Waals surface area contributed by atoms with Crippen molar-refractivity contribution in [3.05, 3.63) is 108 Å². The fourth-order valence-electron chi connectivity index (χ4n) is 3.12. The second kappa shape index (κ2) is 9.59. The quantitative estimate of drug-likeness (QED) is 0.337. The Bertz CT molecular complexity index is 1200. The van der Waals surface area contributed by atoms with E-state index >= 15 is 0 Å². The number of carbonyl (C=O) groups is 1. The van der Waals surface area contributed by atoms with E-state index in [-0.39, 0.29) is 5.91 Å². The van der Waals surface area contributed by atoms with Crippen molar-refractivity contribution in [2.24, 2.45) is 5.10 Å². The van der Waals surface area contributed by atoms with Gasteiger partial charge < -0.3 is 9.47 Å². The number of hydrogen-bond acceptors (Lipinski definition) is 4. The number of rotatable bonds is 7. The molecule has 5 heteroatoms. The molecule has 0 heterocycles. The Balaban J connectivity index is 1.30. The number of nitrogens with one attached hydrogen (secondary N) is 1. The lowest BCUT2D eigenvalue weighted by Crippen LogP contribution is -2.17. The molecule has 0 radical (unpaired) electrons. The average molecular weight is 410 g/mol.